The average Bonchev–Trinajstić information content (AvgIpc) is 2.28. The van der Waals surface area contributed by atoms with Gasteiger partial charge >= 0.3 is 0 Å². The van der Waals surface area contributed by atoms with Crippen LogP contribution in [0.5, 0.6) is 0 Å². The van der Waals surface area contributed by atoms with Gasteiger partial charge in [0.2, 0.25) is 0 Å². The summed E-state index contributed by atoms with van der Waals surface area (Å²) in [6.45, 7) is 2.59. The zero-order chi connectivity index (χ0) is 12.8. The molecule has 0 aliphatic heterocycles. The summed E-state index contributed by atoms with van der Waals surface area (Å²) in [5.41, 5.74) is 6.34. The topological polar surface area (TPSA) is 61.9 Å². The number of hydrogen-bond donors (Lipinski definition) is 2. The van der Waals surface area contributed by atoms with Gasteiger partial charge in [0.25, 0.3) is 0 Å². The summed E-state index contributed by atoms with van der Waals surface area (Å²) >= 11 is 0. The Hall–Kier alpha value is -1.62. The Labute approximate surface area is 101 Å². The molecule has 1 unspecified atom stereocenters. The molecule has 1 aromatic carbocycles. The highest BCUT2D eigenvalue weighted by molar-refractivity contribution is 5.80. The number of halogens is 1. The van der Waals surface area contributed by atoms with E-state index in [9.17, 15) is 4.39 Å². The van der Waals surface area contributed by atoms with E-state index in [4.69, 9.17) is 10.9 Å². The van der Waals surface area contributed by atoms with Crippen LogP contribution in [0, 0.1) is 5.82 Å². The molecule has 17 heavy (non-hydrogen) atoms. The van der Waals surface area contributed by atoms with E-state index in [2.05, 4.69) is 5.16 Å². The zero-order valence-corrected chi connectivity index (χ0v) is 10.1. The summed E-state index contributed by atoms with van der Waals surface area (Å²) in [5, 5.41) is 11.4. The number of rotatable bonds is 5. The Balaban J connectivity index is 2.56. The fourth-order valence-corrected chi connectivity index (χ4v) is 1.58. The molecule has 1 rings (SSSR count). The first-order valence-electron chi connectivity index (χ1n) is 5.44. The van der Waals surface area contributed by atoms with Crippen LogP contribution in [0.1, 0.15) is 18.9 Å². The smallest absolute Gasteiger partial charge is 0.140 e. The number of nitrogens with zero attached hydrogens (tertiary/aromatic N) is 2. The minimum absolute atomic E-state index is 0.120. The quantitative estimate of drug-likeness (QED) is 0.356. The van der Waals surface area contributed by atoms with E-state index < -0.39 is 0 Å². The molecule has 1 aromatic rings. The fraction of sp³-hybridized carbons (Fsp3) is 0.417. The molecule has 0 radical (unpaired) electrons. The maximum atomic E-state index is 13.0. The zero-order valence-electron chi connectivity index (χ0n) is 10.1. The van der Waals surface area contributed by atoms with Crippen LogP contribution in [0.2, 0.25) is 0 Å². The molecule has 0 amide bonds. The normalized spacial score (nSPS) is 14.0. The van der Waals surface area contributed by atoms with Gasteiger partial charge in [0.1, 0.15) is 11.7 Å². The van der Waals surface area contributed by atoms with Crippen molar-refractivity contribution in [2.75, 3.05) is 7.05 Å². The van der Waals surface area contributed by atoms with E-state index in [1.165, 1.54) is 12.1 Å². The van der Waals surface area contributed by atoms with Crippen LogP contribution in [-0.4, -0.2) is 29.0 Å². The summed E-state index contributed by atoms with van der Waals surface area (Å²) in [7, 11) is 1.92. The molecule has 0 aromatic heterocycles. The Bertz CT molecular complexity index is 395. The molecular formula is C12H18FN3O. The van der Waals surface area contributed by atoms with Gasteiger partial charge in [-0.2, -0.15) is 0 Å². The van der Waals surface area contributed by atoms with Gasteiger partial charge < -0.3 is 10.9 Å². The van der Waals surface area contributed by atoms with E-state index in [0.29, 0.717) is 13.0 Å². The molecule has 3 N–H and O–H groups in total. The van der Waals surface area contributed by atoms with Crippen molar-refractivity contribution in [3.05, 3.63) is 35.6 Å². The molecule has 0 saturated carbocycles. The summed E-state index contributed by atoms with van der Waals surface area (Å²) in [6, 6.07) is 6.60. The SMILES string of the molecule is CC(CC(N)=NO)N(C)Cc1cccc(F)c1. The Morgan fingerprint density at radius 3 is 2.88 bits per heavy atom. The molecule has 0 heterocycles. The first kappa shape index (κ1) is 13.4. The van der Waals surface area contributed by atoms with Gasteiger partial charge in [0, 0.05) is 19.0 Å². The van der Waals surface area contributed by atoms with Gasteiger partial charge in [-0.3, -0.25) is 4.90 Å². The second-order valence-electron chi connectivity index (χ2n) is 4.19. The maximum absolute atomic E-state index is 13.0. The van der Waals surface area contributed by atoms with Gasteiger partial charge in [-0.25, -0.2) is 4.39 Å². The predicted molar refractivity (Wildman–Crippen MR) is 65.4 cm³/mol. The average molecular weight is 239 g/mol. The van der Waals surface area contributed by atoms with Crippen molar-refractivity contribution in [1.29, 1.82) is 0 Å². The molecule has 0 spiro atoms. The molecule has 0 saturated heterocycles. The number of amidine groups is 1. The van der Waals surface area contributed by atoms with Crippen LogP contribution < -0.4 is 5.73 Å². The van der Waals surface area contributed by atoms with Crippen molar-refractivity contribution in [1.82, 2.24) is 4.90 Å². The highest BCUT2D eigenvalue weighted by atomic mass is 19.1. The highest BCUT2D eigenvalue weighted by Crippen LogP contribution is 2.10. The van der Waals surface area contributed by atoms with Crippen molar-refractivity contribution in [3.8, 4) is 0 Å². The van der Waals surface area contributed by atoms with Gasteiger partial charge in [0.05, 0.1) is 0 Å². The van der Waals surface area contributed by atoms with E-state index in [-0.39, 0.29) is 17.7 Å². The minimum atomic E-state index is -0.236. The summed E-state index contributed by atoms with van der Waals surface area (Å²) in [4.78, 5) is 2.02. The largest absolute Gasteiger partial charge is 0.409 e. The van der Waals surface area contributed by atoms with E-state index in [1.807, 2.05) is 24.9 Å². The van der Waals surface area contributed by atoms with Crippen molar-refractivity contribution in [3.63, 3.8) is 0 Å². The summed E-state index contributed by atoms with van der Waals surface area (Å²) < 4.78 is 13.0. The molecule has 0 aliphatic rings. The van der Waals surface area contributed by atoms with Crippen molar-refractivity contribution in [2.24, 2.45) is 10.9 Å². The minimum Gasteiger partial charge on any atom is -0.409 e. The third kappa shape index (κ3) is 4.40. The standard InChI is InChI=1S/C12H18FN3O/c1-9(6-12(14)15-17)16(2)8-10-4-3-5-11(13)7-10/h3-5,7,9,17H,6,8H2,1-2H3,(H2,14,15). The van der Waals surface area contributed by atoms with Gasteiger partial charge in [-0.1, -0.05) is 17.3 Å². The van der Waals surface area contributed by atoms with Gasteiger partial charge in [-0.15, -0.1) is 0 Å². The van der Waals surface area contributed by atoms with Crippen LogP contribution in [0.25, 0.3) is 0 Å². The lowest BCUT2D eigenvalue weighted by atomic mass is 10.1. The summed E-state index contributed by atoms with van der Waals surface area (Å²) in [6.07, 6.45) is 0.475. The molecule has 4 nitrogen and oxygen atoms in total. The predicted octanol–water partition coefficient (Wildman–Crippen LogP) is 1.78. The molecule has 1 atom stereocenters. The Morgan fingerprint density at radius 2 is 2.29 bits per heavy atom. The van der Waals surface area contributed by atoms with Crippen LogP contribution in [0.15, 0.2) is 29.4 Å². The van der Waals surface area contributed by atoms with Crippen LogP contribution in [0.3, 0.4) is 0 Å². The van der Waals surface area contributed by atoms with E-state index in [1.54, 1.807) is 6.07 Å². The van der Waals surface area contributed by atoms with Crippen molar-refractivity contribution < 1.29 is 9.60 Å². The van der Waals surface area contributed by atoms with Crippen LogP contribution >= 0.6 is 0 Å². The monoisotopic (exact) mass is 239 g/mol. The Kier molecular flexibility index (Phi) is 4.90. The molecule has 0 bridgehead atoms. The number of oxime groups is 1. The Morgan fingerprint density at radius 1 is 1.59 bits per heavy atom. The van der Waals surface area contributed by atoms with Gasteiger partial charge in [-0.05, 0) is 31.7 Å². The lowest BCUT2D eigenvalue weighted by molar-refractivity contribution is 0.250. The molecule has 94 valence electrons. The fourth-order valence-electron chi connectivity index (χ4n) is 1.58. The molecule has 0 aliphatic carbocycles. The lowest BCUT2D eigenvalue weighted by Crippen LogP contribution is -2.32. The second kappa shape index (κ2) is 6.20. The first-order chi connectivity index (χ1) is 8.02. The highest BCUT2D eigenvalue weighted by Gasteiger charge is 2.11. The third-order valence-corrected chi connectivity index (χ3v) is 2.71. The second-order valence-corrected chi connectivity index (χ2v) is 4.19. The van der Waals surface area contributed by atoms with Crippen molar-refractivity contribution >= 4 is 5.84 Å². The first-order valence-corrected chi connectivity index (χ1v) is 5.44. The van der Waals surface area contributed by atoms with E-state index in [0.717, 1.165) is 5.56 Å². The van der Waals surface area contributed by atoms with Crippen LogP contribution in [0.4, 0.5) is 4.39 Å². The molecule has 5 heteroatoms. The van der Waals surface area contributed by atoms with Crippen molar-refractivity contribution in [2.45, 2.75) is 25.9 Å². The molecular weight excluding hydrogens is 221 g/mol. The third-order valence-electron chi connectivity index (χ3n) is 2.71. The number of nitrogens with two attached hydrogens (primary N) is 1. The number of hydrogen-bond acceptors (Lipinski definition) is 3. The van der Waals surface area contributed by atoms with Crippen LogP contribution in [-0.2, 0) is 6.54 Å². The summed E-state index contributed by atoms with van der Waals surface area (Å²) in [5.74, 6) is -0.0384. The maximum Gasteiger partial charge on any atom is 0.140 e. The van der Waals surface area contributed by atoms with E-state index >= 15 is 0 Å². The number of benzene rings is 1. The lowest BCUT2D eigenvalue weighted by Gasteiger charge is -2.24. The molecule has 0 fully saturated rings. The van der Waals surface area contributed by atoms with Gasteiger partial charge in [0.15, 0.2) is 0 Å².